The minimum absolute atomic E-state index is 0.0189. The van der Waals surface area contributed by atoms with Crippen LogP contribution >= 0.6 is 0 Å². The van der Waals surface area contributed by atoms with Gasteiger partial charge in [0.05, 0.1) is 11.7 Å². The van der Waals surface area contributed by atoms with E-state index in [1.54, 1.807) is 12.3 Å². The van der Waals surface area contributed by atoms with Crippen molar-refractivity contribution in [3.8, 4) is 0 Å². The maximum absolute atomic E-state index is 13.8. The quantitative estimate of drug-likeness (QED) is 0.558. The van der Waals surface area contributed by atoms with Gasteiger partial charge < -0.3 is 20.1 Å². The number of aryl methyl sites for hydroxylation is 2. The van der Waals surface area contributed by atoms with Crippen molar-refractivity contribution in [1.82, 2.24) is 19.5 Å². The molecule has 0 saturated carbocycles. The molecule has 0 aliphatic carbocycles. The lowest BCUT2D eigenvalue weighted by Crippen LogP contribution is -2.35. The number of benzene rings is 1. The highest BCUT2D eigenvalue weighted by Gasteiger charge is 2.31. The Hall–Kier alpha value is -2.62. The largest absolute Gasteiger partial charge is 0.612 e. The lowest BCUT2D eigenvalue weighted by Gasteiger charge is -2.29. The van der Waals surface area contributed by atoms with Gasteiger partial charge in [0, 0.05) is 55.1 Å². The fourth-order valence-electron chi connectivity index (χ4n) is 5.31. The maximum atomic E-state index is 13.8. The molecule has 1 aromatic carbocycles. The second kappa shape index (κ2) is 9.79. The second-order valence-electron chi connectivity index (χ2n) is 9.91. The molecule has 2 aliphatic rings. The van der Waals surface area contributed by atoms with Gasteiger partial charge in [-0.15, -0.1) is 0 Å². The summed E-state index contributed by atoms with van der Waals surface area (Å²) in [4.78, 5) is 23.6. The van der Waals surface area contributed by atoms with Crippen molar-refractivity contribution in [3.05, 3.63) is 52.8 Å². The lowest BCUT2D eigenvalue weighted by atomic mass is 10.0. The monoisotopic (exact) mass is 494 g/mol. The van der Waals surface area contributed by atoms with Gasteiger partial charge in [0.15, 0.2) is 10.5 Å². The summed E-state index contributed by atoms with van der Waals surface area (Å²) in [5.41, 5.74) is 10.4. The van der Waals surface area contributed by atoms with Gasteiger partial charge in [0.25, 0.3) is 5.91 Å². The van der Waals surface area contributed by atoms with Crippen molar-refractivity contribution in [1.29, 1.82) is 0 Å². The molecule has 0 bridgehead atoms. The number of anilines is 1. The lowest BCUT2D eigenvalue weighted by molar-refractivity contribution is 0.0675. The second-order valence-corrected chi connectivity index (χ2v) is 11.3. The van der Waals surface area contributed by atoms with Crippen LogP contribution in [0.15, 0.2) is 35.4 Å². The number of nitrogens with two attached hydrogens (primary N) is 1. The zero-order valence-electron chi connectivity index (χ0n) is 20.7. The van der Waals surface area contributed by atoms with Crippen LogP contribution in [0.5, 0.6) is 0 Å². The smallest absolute Gasteiger partial charge is 0.254 e. The van der Waals surface area contributed by atoms with Gasteiger partial charge in [-0.3, -0.25) is 4.79 Å². The average molecular weight is 495 g/mol. The first kappa shape index (κ1) is 24.1. The molecule has 5 rings (SSSR count). The predicted octanol–water partition coefficient (Wildman–Crippen LogP) is 3.38. The minimum Gasteiger partial charge on any atom is -0.612 e. The zero-order chi connectivity index (χ0) is 24.7. The SMILES string of the molecule is Cc1ccc([S+](C)[O-])cc1C(=O)N1CCCCC[C@H]1c1cc2nc(N3CCC(N)C3)c(C)cn2n1. The standard InChI is InChI=1S/C26H34N6O2S/c1-17-8-9-20(35(3)34)13-21(17)26(33)31-11-6-4-5-7-23(31)22-14-24-28-25(18(2)15-32(24)29-22)30-12-10-19(27)16-30/h8-9,13-15,19,23H,4-7,10-12,16,27H2,1-3H3/t19?,23-,35?/m0/s1. The van der Waals surface area contributed by atoms with E-state index in [0.717, 1.165) is 73.5 Å². The number of nitrogens with zero attached hydrogens (tertiary/aromatic N) is 5. The normalized spacial score (nSPS) is 22.0. The molecule has 4 heterocycles. The first-order chi connectivity index (χ1) is 16.8. The van der Waals surface area contributed by atoms with Crippen molar-refractivity contribution in [3.63, 3.8) is 0 Å². The summed E-state index contributed by atoms with van der Waals surface area (Å²) in [6, 6.07) is 7.61. The number of hydrogen-bond donors (Lipinski definition) is 1. The Kier molecular flexibility index (Phi) is 6.74. The molecular weight excluding hydrogens is 460 g/mol. The van der Waals surface area contributed by atoms with Crippen LogP contribution in [0, 0.1) is 13.8 Å². The number of fused-ring (bicyclic) bond motifs is 1. The first-order valence-electron chi connectivity index (χ1n) is 12.4. The van der Waals surface area contributed by atoms with E-state index in [2.05, 4.69) is 11.8 Å². The van der Waals surface area contributed by atoms with Crippen molar-refractivity contribution < 1.29 is 9.35 Å². The molecule has 0 spiro atoms. The molecule has 2 unspecified atom stereocenters. The van der Waals surface area contributed by atoms with E-state index in [1.807, 2.05) is 40.7 Å². The summed E-state index contributed by atoms with van der Waals surface area (Å²) < 4.78 is 13.9. The van der Waals surface area contributed by atoms with Crippen molar-refractivity contribution >= 4 is 28.5 Å². The fraction of sp³-hybridized carbons (Fsp3) is 0.500. The van der Waals surface area contributed by atoms with Crippen LogP contribution in [-0.4, -0.2) is 61.9 Å². The van der Waals surface area contributed by atoms with Crippen molar-refractivity contribution in [2.75, 3.05) is 30.8 Å². The third-order valence-electron chi connectivity index (χ3n) is 7.27. The average Bonchev–Trinajstić information content (AvgIpc) is 3.35. The van der Waals surface area contributed by atoms with E-state index >= 15 is 0 Å². The van der Waals surface area contributed by atoms with Crippen molar-refractivity contribution in [2.24, 2.45) is 5.73 Å². The summed E-state index contributed by atoms with van der Waals surface area (Å²) in [5, 5.41) is 4.88. The zero-order valence-corrected chi connectivity index (χ0v) is 21.6. The summed E-state index contributed by atoms with van der Waals surface area (Å²) in [7, 11) is 0. The molecule has 9 heteroatoms. The van der Waals surface area contributed by atoms with Crippen LogP contribution in [0.25, 0.3) is 5.65 Å². The highest BCUT2D eigenvalue weighted by molar-refractivity contribution is 7.90. The van der Waals surface area contributed by atoms with Gasteiger partial charge in [-0.2, -0.15) is 5.10 Å². The Morgan fingerprint density at radius 3 is 2.69 bits per heavy atom. The number of likely N-dealkylation sites (tertiary alicyclic amines) is 1. The molecule has 35 heavy (non-hydrogen) atoms. The third kappa shape index (κ3) is 4.77. The maximum Gasteiger partial charge on any atom is 0.254 e. The Balaban J connectivity index is 1.50. The Bertz CT molecular complexity index is 1240. The van der Waals surface area contributed by atoms with Gasteiger partial charge >= 0.3 is 0 Å². The van der Waals surface area contributed by atoms with Crippen LogP contribution in [0.2, 0.25) is 0 Å². The summed E-state index contributed by atoms with van der Waals surface area (Å²) in [6.07, 6.45) is 8.60. The number of carbonyl (C=O) groups is 1. The Morgan fingerprint density at radius 1 is 1.11 bits per heavy atom. The number of rotatable bonds is 4. The van der Waals surface area contributed by atoms with Gasteiger partial charge in [0.1, 0.15) is 12.1 Å². The fourth-order valence-corrected chi connectivity index (χ4v) is 5.85. The number of aromatic nitrogens is 3. The van der Waals surface area contributed by atoms with Crippen LogP contribution in [0.4, 0.5) is 5.82 Å². The molecule has 0 radical (unpaired) electrons. The Morgan fingerprint density at radius 2 is 1.94 bits per heavy atom. The van der Waals surface area contributed by atoms with Gasteiger partial charge in [-0.1, -0.05) is 18.9 Å². The molecule has 2 aromatic heterocycles. The van der Waals surface area contributed by atoms with Crippen LogP contribution in [-0.2, 0) is 11.2 Å². The summed E-state index contributed by atoms with van der Waals surface area (Å²) >= 11 is -1.14. The van der Waals surface area contributed by atoms with E-state index < -0.39 is 11.2 Å². The third-order valence-corrected chi connectivity index (χ3v) is 8.19. The van der Waals surface area contributed by atoms with Crippen LogP contribution < -0.4 is 10.6 Å². The van der Waals surface area contributed by atoms with Crippen molar-refractivity contribution in [2.45, 2.75) is 62.9 Å². The molecule has 3 atom stereocenters. The van der Waals surface area contributed by atoms with Gasteiger partial charge in [-0.05, 0) is 55.9 Å². The topological polar surface area (TPSA) is 103 Å². The molecule has 2 aliphatic heterocycles. The van der Waals surface area contributed by atoms with Gasteiger partial charge in [0.2, 0.25) is 0 Å². The molecule has 2 saturated heterocycles. The molecule has 1 amide bonds. The van der Waals surface area contributed by atoms with Crippen LogP contribution in [0.3, 0.4) is 0 Å². The minimum atomic E-state index is -1.14. The van der Waals surface area contributed by atoms with E-state index in [1.165, 1.54) is 0 Å². The summed E-state index contributed by atoms with van der Waals surface area (Å²) in [6.45, 7) is 6.41. The molecule has 8 nitrogen and oxygen atoms in total. The van der Waals surface area contributed by atoms with Crippen LogP contribution in [0.1, 0.15) is 65.3 Å². The molecule has 2 fully saturated rings. The summed E-state index contributed by atoms with van der Waals surface area (Å²) in [5.74, 6) is 0.945. The van der Waals surface area contributed by atoms with E-state index in [-0.39, 0.29) is 18.0 Å². The van der Waals surface area contributed by atoms with E-state index in [4.69, 9.17) is 15.8 Å². The molecule has 186 valence electrons. The number of carbonyl (C=O) groups excluding carboxylic acids is 1. The number of hydrogen-bond acceptors (Lipinski definition) is 6. The number of amides is 1. The van der Waals surface area contributed by atoms with E-state index in [0.29, 0.717) is 17.0 Å². The molecule has 3 aromatic rings. The molecule has 2 N–H and O–H groups in total. The Labute approximate surface area is 209 Å². The highest BCUT2D eigenvalue weighted by Crippen LogP contribution is 2.33. The van der Waals surface area contributed by atoms with E-state index in [9.17, 15) is 9.35 Å². The highest BCUT2D eigenvalue weighted by atomic mass is 32.2. The predicted molar refractivity (Wildman–Crippen MR) is 138 cm³/mol. The van der Waals surface area contributed by atoms with Gasteiger partial charge in [-0.25, -0.2) is 9.50 Å². The molecular formula is C26H34N6O2S. The first-order valence-corrected chi connectivity index (χ1v) is 14.0.